The van der Waals surface area contributed by atoms with Crippen LogP contribution >= 0.6 is 35.4 Å². The van der Waals surface area contributed by atoms with Crippen LogP contribution in [0, 0.1) is 0 Å². The predicted molar refractivity (Wildman–Crippen MR) is 69.1 cm³/mol. The van der Waals surface area contributed by atoms with Crippen LogP contribution < -0.4 is 0 Å². The molecule has 16 heavy (non-hydrogen) atoms. The van der Waals surface area contributed by atoms with Gasteiger partial charge in [-0.3, -0.25) is 4.52 Å². The molecule has 0 fully saturated rings. The Labute approximate surface area is 110 Å². The van der Waals surface area contributed by atoms with Crippen molar-refractivity contribution < 1.29 is 18.9 Å². The second-order valence-electron chi connectivity index (χ2n) is 3.65. The SMILES string of the molecule is CCCCC(Br)C(Cl)C(CC)OP(=O)(O)O. The van der Waals surface area contributed by atoms with E-state index in [-0.39, 0.29) is 4.83 Å². The summed E-state index contributed by atoms with van der Waals surface area (Å²) in [5, 5.41) is -0.441. The minimum atomic E-state index is -4.46. The van der Waals surface area contributed by atoms with Gasteiger partial charge < -0.3 is 9.79 Å². The van der Waals surface area contributed by atoms with E-state index < -0.39 is 19.3 Å². The van der Waals surface area contributed by atoms with E-state index in [1.165, 1.54) is 0 Å². The van der Waals surface area contributed by atoms with Gasteiger partial charge in [-0.25, -0.2) is 4.57 Å². The zero-order chi connectivity index (χ0) is 12.8. The van der Waals surface area contributed by atoms with Gasteiger partial charge >= 0.3 is 7.82 Å². The molecule has 7 heteroatoms. The summed E-state index contributed by atoms with van der Waals surface area (Å²) in [5.41, 5.74) is 0. The molecule has 3 atom stereocenters. The molecule has 98 valence electrons. The van der Waals surface area contributed by atoms with E-state index >= 15 is 0 Å². The van der Waals surface area contributed by atoms with E-state index in [1.54, 1.807) is 6.92 Å². The molecule has 0 aromatic heterocycles. The van der Waals surface area contributed by atoms with Crippen LogP contribution in [0.15, 0.2) is 0 Å². The average molecular weight is 338 g/mol. The van der Waals surface area contributed by atoms with Crippen LogP contribution in [0.4, 0.5) is 0 Å². The minimum absolute atomic E-state index is 0.00520. The third-order valence-electron chi connectivity index (χ3n) is 2.21. The molecule has 0 bridgehead atoms. The summed E-state index contributed by atoms with van der Waals surface area (Å²) in [6.07, 6.45) is 2.77. The van der Waals surface area contributed by atoms with Gasteiger partial charge in [0.1, 0.15) is 0 Å². The Hall–Kier alpha value is 0.880. The molecular weight excluding hydrogens is 318 g/mol. The number of unbranched alkanes of at least 4 members (excludes halogenated alkanes) is 1. The number of alkyl halides is 2. The van der Waals surface area contributed by atoms with Gasteiger partial charge in [-0.15, -0.1) is 11.6 Å². The lowest BCUT2D eigenvalue weighted by molar-refractivity contribution is 0.125. The topological polar surface area (TPSA) is 66.8 Å². The van der Waals surface area contributed by atoms with Gasteiger partial charge in [-0.2, -0.15) is 0 Å². The van der Waals surface area contributed by atoms with Gasteiger partial charge in [-0.05, 0) is 12.8 Å². The molecule has 4 nitrogen and oxygen atoms in total. The minimum Gasteiger partial charge on any atom is -0.303 e. The quantitative estimate of drug-likeness (QED) is 0.526. The first-order valence-electron chi connectivity index (χ1n) is 5.33. The Kier molecular flexibility index (Phi) is 8.51. The van der Waals surface area contributed by atoms with Crippen molar-refractivity contribution in [2.45, 2.75) is 55.8 Å². The number of rotatable bonds is 8. The van der Waals surface area contributed by atoms with Crippen molar-refractivity contribution >= 4 is 35.4 Å². The van der Waals surface area contributed by atoms with Gasteiger partial charge in [-0.1, -0.05) is 42.6 Å². The third-order valence-corrected chi connectivity index (χ3v) is 4.67. The molecule has 0 radical (unpaired) electrons. The van der Waals surface area contributed by atoms with Crippen LogP contribution in [-0.4, -0.2) is 26.1 Å². The lowest BCUT2D eigenvalue weighted by atomic mass is 10.1. The number of hydrogen-bond donors (Lipinski definition) is 2. The second-order valence-corrected chi connectivity index (χ2v) is 6.52. The molecule has 0 spiro atoms. The predicted octanol–water partition coefficient (Wildman–Crippen LogP) is 3.44. The van der Waals surface area contributed by atoms with Gasteiger partial charge in [0.25, 0.3) is 0 Å². The summed E-state index contributed by atoms with van der Waals surface area (Å²) in [6, 6.07) is 0. The molecule has 0 heterocycles. The molecule has 0 aliphatic heterocycles. The van der Waals surface area contributed by atoms with Gasteiger partial charge in [0.15, 0.2) is 0 Å². The fourth-order valence-electron chi connectivity index (χ4n) is 1.33. The Bertz CT molecular complexity index is 236. The monoisotopic (exact) mass is 336 g/mol. The zero-order valence-corrected chi connectivity index (χ0v) is 12.7. The lowest BCUT2D eigenvalue weighted by Gasteiger charge is -2.25. The molecule has 0 aliphatic carbocycles. The summed E-state index contributed by atoms with van der Waals surface area (Å²) in [7, 11) is -4.46. The van der Waals surface area contributed by atoms with E-state index in [2.05, 4.69) is 27.4 Å². The smallest absolute Gasteiger partial charge is 0.303 e. The van der Waals surface area contributed by atoms with E-state index in [4.69, 9.17) is 21.4 Å². The van der Waals surface area contributed by atoms with Gasteiger partial charge in [0.2, 0.25) is 0 Å². The fourth-order valence-corrected chi connectivity index (χ4v) is 3.05. The van der Waals surface area contributed by atoms with Crippen molar-refractivity contribution in [2.75, 3.05) is 0 Å². The van der Waals surface area contributed by atoms with Gasteiger partial charge in [0, 0.05) is 4.83 Å². The second kappa shape index (κ2) is 8.06. The molecule has 2 N–H and O–H groups in total. The first kappa shape index (κ1) is 16.9. The van der Waals surface area contributed by atoms with E-state index in [0.717, 1.165) is 19.3 Å². The first-order valence-corrected chi connectivity index (χ1v) is 8.22. The molecule has 0 saturated carbocycles. The van der Waals surface area contributed by atoms with Crippen molar-refractivity contribution in [2.24, 2.45) is 0 Å². The standard InChI is InChI=1S/C9H19BrClO4P/c1-3-5-6-7(10)9(11)8(4-2)15-16(12,13)14/h7-9H,3-6H2,1-2H3,(H2,12,13,14). The molecule has 0 amide bonds. The van der Waals surface area contributed by atoms with Crippen LogP contribution in [0.3, 0.4) is 0 Å². The number of halogens is 2. The maximum absolute atomic E-state index is 10.7. The highest BCUT2D eigenvalue weighted by molar-refractivity contribution is 9.09. The number of phosphoric ester groups is 1. The van der Waals surface area contributed by atoms with Crippen LogP contribution in [0.5, 0.6) is 0 Å². The molecule has 3 unspecified atom stereocenters. The zero-order valence-electron chi connectivity index (χ0n) is 9.47. The largest absolute Gasteiger partial charge is 0.469 e. The van der Waals surface area contributed by atoms with E-state index in [0.29, 0.717) is 6.42 Å². The third kappa shape index (κ3) is 7.25. The van der Waals surface area contributed by atoms with Crippen molar-refractivity contribution in [3.8, 4) is 0 Å². The average Bonchev–Trinajstić information content (AvgIpc) is 2.20. The van der Waals surface area contributed by atoms with Crippen molar-refractivity contribution in [3.63, 3.8) is 0 Å². The maximum atomic E-state index is 10.7. The molecule has 0 aromatic carbocycles. The molecule has 0 aliphatic rings. The Balaban J connectivity index is 4.29. The van der Waals surface area contributed by atoms with E-state index in [9.17, 15) is 4.57 Å². The Morgan fingerprint density at radius 2 is 2.00 bits per heavy atom. The highest BCUT2D eigenvalue weighted by Crippen LogP contribution is 2.41. The Morgan fingerprint density at radius 3 is 2.38 bits per heavy atom. The highest BCUT2D eigenvalue weighted by Gasteiger charge is 2.30. The van der Waals surface area contributed by atoms with Crippen molar-refractivity contribution in [1.82, 2.24) is 0 Å². The number of hydrogen-bond acceptors (Lipinski definition) is 2. The lowest BCUT2D eigenvalue weighted by Crippen LogP contribution is -2.30. The van der Waals surface area contributed by atoms with Crippen molar-refractivity contribution in [3.05, 3.63) is 0 Å². The maximum Gasteiger partial charge on any atom is 0.469 e. The van der Waals surface area contributed by atoms with Crippen LogP contribution in [0.2, 0.25) is 0 Å². The summed E-state index contributed by atoms with van der Waals surface area (Å²) < 4.78 is 15.4. The van der Waals surface area contributed by atoms with Crippen LogP contribution in [0.25, 0.3) is 0 Å². The summed E-state index contributed by atoms with van der Waals surface area (Å²) in [5.74, 6) is 0. The summed E-state index contributed by atoms with van der Waals surface area (Å²) in [6.45, 7) is 3.86. The number of phosphoric acid groups is 1. The molecule has 0 aromatic rings. The fraction of sp³-hybridized carbons (Fsp3) is 1.00. The van der Waals surface area contributed by atoms with E-state index in [1.807, 2.05) is 0 Å². The van der Waals surface area contributed by atoms with Crippen LogP contribution in [0.1, 0.15) is 39.5 Å². The van der Waals surface area contributed by atoms with Crippen molar-refractivity contribution in [1.29, 1.82) is 0 Å². The summed E-state index contributed by atoms with van der Waals surface area (Å²) >= 11 is 9.55. The highest BCUT2D eigenvalue weighted by atomic mass is 79.9. The molecule has 0 saturated heterocycles. The molecule has 0 rings (SSSR count). The van der Waals surface area contributed by atoms with Gasteiger partial charge in [0.05, 0.1) is 11.5 Å². The summed E-state index contributed by atoms with van der Waals surface area (Å²) in [4.78, 5) is 17.5. The first-order chi connectivity index (χ1) is 7.31. The normalized spacial score (nSPS) is 18.1. The molecular formula is C9H19BrClO4P. The van der Waals surface area contributed by atoms with Crippen LogP contribution in [-0.2, 0) is 9.09 Å². The Morgan fingerprint density at radius 1 is 1.44 bits per heavy atom.